The maximum Gasteiger partial charge on any atom is 0.287 e. The van der Waals surface area contributed by atoms with E-state index >= 15 is 0 Å². The van der Waals surface area contributed by atoms with Crippen LogP contribution in [0.25, 0.3) is 0 Å². The van der Waals surface area contributed by atoms with E-state index in [0.29, 0.717) is 24.0 Å². The molecule has 0 unspecified atom stereocenters. The Balaban J connectivity index is 1.21. The molecular formula is C25H29N3O4S. The van der Waals surface area contributed by atoms with Crippen molar-refractivity contribution in [1.29, 1.82) is 0 Å². The van der Waals surface area contributed by atoms with Crippen LogP contribution in [0.15, 0.2) is 52.5 Å². The van der Waals surface area contributed by atoms with E-state index in [4.69, 9.17) is 9.15 Å². The number of ether oxygens (including phenoxy) is 1. The molecule has 2 amide bonds. The third kappa shape index (κ3) is 6.22. The van der Waals surface area contributed by atoms with E-state index < -0.39 is 0 Å². The largest absolute Gasteiger partial charge is 0.486 e. The monoisotopic (exact) mass is 467 g/mol. The molecule has 1 aliphatic carbocycles. The molecule has 2 aromatic heterocycles. The summed E-state index contributed by atoms with van der Waals surface area (Å²) < 4.78 is 10.9. The maximum absolute atomic E-state index is 12.6. The van der Waals surface area contributed by atoms with Crippen LogP contribution in [0, 0.1) is 0 Å². The SMILES string of the molecule is CC(C)c1ccc(OCc2nc(C(=O)NC3CCC(NC(=O)c4ccco4)CC3)cs2)cc1. The van der Waals surface area contributed by atoms with Crippen molar-refractivity contribution in [2.75, 3.05) is 0 Å². The summed E-state index contributed by atoms with van der Waals surface area (Å²) in [5.41, 5.74) is 1.69. The molecule has 174 valence electrons. The number of carbonyl (C=O) groups excluding carboxylic acids is 2. The fraction of sp³-hybridized carbons (Fsp3) is 0.400. The lowest BCUT2D eigenvalue weighted by Crippen LogP contribution is -2.43. The first-order valence-corrected chi connectivity index (χ1v) is 12.2. The average Bonchev–Trinajstić information content (AvgIpc) is 3.52. The minimum absolute atomic E-state index is 0.0788. The summed E-state index contributed by atoms with van der Waals surface area (Å²) in [6, 6.07) is 11.6. The first-order valence-electron chi connectivity index (χ1n) is 11.3. The quantitative estimate of drug-likeness (QED) is 0.491. The van der Waals surface area contributed by atoms with Crippen LogP contribution < -0.4 is 15.4 Å². The molecule has 0 saturated heterocycles. The molecule has 3 aromatic rings. The number of amides is 2. The van der Waals surface area contributed by atoms with Gasteiger partial charge < -0.3 is 19.8 Å². The normalized spacial score (nSPS) is 18.2. The number of hydrogen-bond donors (Lipinski definition) is 2. The van der Waals surface area contributed by atoms with Crippen molar-refractivity contribution in [3.05, 3.63) is 70.1 Å². The lowest BCUT2D eigenvalue weighted by atomic mass is 9.91. The van der Waals surface area contributed by atoms with Gasteiger partial charge in [-0.1, -0.05) is 26.0 Å². The van der Waals surface area contributed by atoms with Crippen LogP contribution in [-0.2, 0) is 6.61 Å². The molecule has 0 aliphatic heterocycles. The van der Waals surface area contributed by atoms with Gasteiger partial charge in [0.1, 0.15) is 23.1 Å². The number of rotatable bonds is 8. The van der Waals surface area contributed by atoms with Gasteiger partial charge in [-0.2, -0.15) is 0 Å². The first-order chi connectivity index (χ1) is 16.0. The molecule has 2 N–H and O–H groups in total. The van der Waals surface area contributed by atoms with Gasteiger partial charge in [-0.25, -0.2) is 4.98 Å². The number of nitrogens with zero attached hydrogens (tertiary/aromatic N) is 1. The fourth-order valence-electron chi connectivity index (χ4n) is 3.88. The molecule has 2 heterocycles. The van der Waals surface area contributed by atoms with Gasteiger partial charge in [0.2, 0.25) is 0 Å². The lowest BCUT2D eigenvalue weighted by Gasteiger charge is -2.29. The Morgan fingerprint density at radius 3 is 2.33 bits per heavy atom. The van der Waals surface area contributed by atoms with Crippen LogP contribution in [0.4, 0.5) is 0 Å². The van der Waals surface area contributed by atoms with Gasteiger partial charge in [-0.05, 0) is 61.4 Å². The molecule has 8 heteroatoms. The third-order valence-corrected chi connectivity index (χ3v) is 6.66. The van der Waals surface area contributed by atoms with E-state index in [1.165, 1.54) is 23.2 Å². The molecule has 0 bridgehead atoms. The Bertz CT molecular complexity index is 1050. The van der Waals surface area contributed by atoms with Gasteiger partial charge >= 0.3 is 0 Å². The zero-order valence-electron chi connectivity index (χ0n) is 18.9. The molecule has 4 rings (SSSR count). The number of benzene rings is 1. The number of aromatic nitrogens is 1. The fourth-order valence-corrected chi connectivity index (χ4v) is 4.57. The molecule has 1 fully saturated rings. The minimum Gasteiger partial charge on any atom is -0.486 e. The molecule has 1 aromatic carbocycles. The van der Waals surface area contributed by atoms with Crippen LogP contribution in [0.2, 0.25) is 0 Å². The van der Waals surface area contributed by atoms with Crippen LogP contribution in [0.5, 0.6) is 5.75 Å². The van der Waals surface area contributed by atoms with E-state index in [0.717, 1.165) is 36.4 Å². The van der Waals surface area contributed by atoms with Crippen molar-refractivity contribution in [2.24, 2.45) is 0 Å². The lowest BCUT2D eigenvalue weighted by molar-refractivity contribution is 0.0874. The number of furan rings is 1. The number of nitrogens with one attached hydrogen (secondary N) is 2. The van der Waals surface area contributed by atoms with Gasteiger partial charge in [-0.3, -0.25) is 9.59 Å². The van der Waals surface area contributed by atoms with E-state index in [2.05, 4.69) is 41.6 Å². The highest BCUT2D eigenvalue weighted by atomic mass is 32.1. The zero-order valence-corrected chi connectivity index (χ0v) is 19.7. The summed E-state index contributed by atoms with van der Waals surface area (Å²) in [5.74, 6) is 1.23. The summed E-state index contributed by atoms with van der Waals surface area (Å²) in [6.07, 6.45) is 4.72. The average molecular weight is 468 g/mol. The topological polar surface area (TPSA) is 93.5 Å². The third-order valence-electron chi connectivity index (χ3n) is 5.84. The summed E-state index contributed by atoms with van der Waals surface area (Å²) >= 11 is 1.42. The first kappa shape index (κ1) is 23.0. The number of carbonyl (C=O) groups is 2. The highest BCUT2D eigenvalue weighted by Crippen LogP contribution is 2.22. The van der Waals surface area contributed by atoms with E-state index in [1.54, 1.807) is 17.5 Å². The minimum atomic E-state index is -0.194. The molecule has 0 atom stereocenters. The second-order valence-electron chi connectivity index (χ2n) is 8.61. The predicted molar refractivity (Wildman–Crippen MR) is 127 cm³/mol. The van der Waals surface area contributed by atoms with Crippen molar-refractivity contribution in [3.63, 3.8) is 0 Å². The molecule has 1 aliphatic rings. The van der Waals surface area contributed by atoms with Crippen LogP contribution >= 0.6 is 11.3 Å². The Labute approximate surface area is 197 Å². The zero-order chi connectivity index (χ0) is 23.2. The molecule has 1 saturated carbocycles. The molecule has 0 radical (unpaired) electrons. The van der Waals surface area contributed by atoms with Crippen molar-refractivity contribution >= 4 is 23.2 Å². The van der Waals surface area contributed by atoms with Crippen molar-refractivity contribution < 1.29 is 18.7 Å². The smallest absolute Gasteiger partial charge is 0.287 e. The van der Waals surface area contributed by atoms with Crippen molar-refractivity contribution in [2.45, 2.75) is 64.1 Å². The van der Waals surface area contributed by atoms with Crippen molar-refractivity contribution in [1.82, 2.24) is 15.6 Å². The number of hydrogen-bond acceptors (Lipinski definition) is 6. The van der Waals surface area contributed by atoms with Crippen LogP contribution in [0.3, 0.4) is 0 Å². The molecule has 0 spiro atoms. The summed E-state index contributed by atoms with van der Waals surface area (Å²) in [5, 5.41) is 8.60. The van der Waals surface area contributed by atoms with E-state index in [-0.39, 0.29) is 23.9 Å². The predicted octanol–water partition coefficient (Wildman–Crippen LogP) is 4.91. The Morgan fingerprint density at radius 1 is 1.06 bits per heavy atom. The van der Waals surface area contributed by atoms with Gasteiger partial charge in [0.15, 0.2) is 5.76 Å². The van der Waals surface area contributed by atoms with Crippen LogP contribution in [-0.4, -0.2) is 28.9 Å². The second-order valence-corrected chi connectivity index (χ2v) is 9.55. The Hall–Kier alpha value is -3.13. The van der Waals surface area contributed by atoms with Gasteiger partial charge in [0.25, 0.3) is 11.8 Å². The summed E-state index contributed by atoms with van der Waals surface area (Å²) in [6.45, 7) is 4.65. The Kier molecular flexibility index (Phi) is 7.44. The summed E-state index contributed by atoms with van der Waals surface area (Å²) in [7, 11) is 0. The van der Waals surface area contributed by atoms with Crippen LogP contribution in [0.1, 0.15) is 77.1 Å². The standard InChI is InChI=1S/C25H29N3O4S/c1-16(2)17-5-11-20(12-6-17)32-14-23-28-21(15-33-23)24(29)26-18-7-9-19(10-8-18)27-25(30)22-4-3-13-31-22/h3-6,11-13,15-16,18-19H,7-10,14H2,1-2H3,(H,26,29)(H,27,30). The highest BCUT2D eigenvalue weighted by molar-refractivity contribution is 7.09. The molecular weight excluding hydrogens is 438 g/mol. The summed E-state index contributed by atoms with van der Waals surface area (Å²) in [4.78, 5) is 29.2. The van der Waals surface area contributed by atoms with Crippen molar-refractivity contribution in [3.8, 4) is 5.75 Å². The second kappa shape index (κ2) is 10.7. The van der Waals surface area contributed by atoms with Gasteiger partial charge in [0.05, 0.1) is 6.26 Å². The van der Waals surface area contributed by atoms with E-state index in [1.807, 2.05) is 12.1 Å². The highest BCUT2D eigenvalue weighted by Gasteiger charge is 2.25. The Morgan fingerprint density at radius 2 is 1.73 bits per heavy atom. The number of thiazole rings is 1. The van der Waals surface area contributed by atoms with E-state index in [9.17, 15) is 9.59 Å². The van der Waals surface area contributed by atoms with Gasteiger partial charge in [0, 0.05) is 17.5 Å². The molecule has 33 heavy (non-hydrogen) atoms. The maximum atomic E-state index is 12.6. The molecule has 7 nitrogen and oxygen atoms in total. The van der Waals surface area contributed by atoms with Gasteiger partial charge in [-0.15, -0.1) is 11.3 Å².